The second-order valence-corrected chi connectivity index (χ2v) is 17.5. The molecule has 0 saturated carbocycles. The molecule has 0 spiro atoms. The molecule has 0 radical (unpaired) electrons. The molecule has 0 aliphatic rings. The van der Waals surface area contributed by atoms with Crippen LogP contribution in [0.15, 0.2) is 97.3 Å². The van der Waals surface area contributed by atoms with Crippen LogP contribution in [0.4, 0.5) is 23.3 Å². The van der Waals surface area contributed by atoms with E-state index in [9.17, 15) is 0 Å². The summed E-state index contributed by atoms with van der Waals surface area (Å²) in [5.74, 6) is 7.06. The van der Waals surface area contributed by atoms with E-state index in [0.29, 0.717) is 11.9 Å². The van der Waals surface area contributed by atoms with Crippen LogP contribution >= 0.6 is 0 Å². The molecule has 248 valence electrons. The largest absolute Gasteiger partial charge is 1.00 e. The lowest BCUT2D eigenvalue weighted by atomic mass is 10.1. The molecule has 6 rings (SSSR count). The Bertz CT molecular complexity index is 2130. The number of hydrogen-bond donors (Lipinski definition) is 3. The molecular formula is C39H41ClN8Si. The average Bonchev–Trinajstić information content (AvgIpc) is 3.08. The average molecular weight is 685 g/mol. The quantitative estimate of drug-likeness (QED) is 0.174. The SMILES string of the molecule is C#Cc1ccc2nc(Nc3ccc(CN(C)C)cc3)ncc2c1.C[Si](C)(C)C#Cc1ccc2nc(Nc3ccc(C[NH3+])cc3)ncc2c1.[Cl-]. The van der Waals surface area contributed by atoms with Crippen molar-refractivity contribution in [3.05, 3.63) is 120 Å². The lowest BCUT2D eigenvalue weighted by Gasteiger charge is -2.10. The molecule has 5 N–H and O–H groups in total. The van der Waals surface area contributed by atoms with E-state index in [0.717, 1.165) is 57.4 Å². The number of quaternary nitrogens is 1. The predicted molar refractivity (Wildman–Crippen MR) is 201 cm³/mol. The van der Waals surface area contributed by atoms with Crippen LogP contribution in [0.25, 0.3) is 21.8 Å². The van der Waals surface area contributed by atoms with Gasteiger partial charge in [0.15, 0.2) is 0 Å². The van der Waals surface area contributed by atoms with Crippen molar-refractivity contribution in [1.82, 2.24) is 24.8 Å². The summed E-state index contributed by atoms with van der Waals surface area (Å²) in [5, 5.41) is 8.41. The fourth-order valence-corrected chi connectivity index (χ4v) is 5.21. The molecule has 49 heavy (non-hydrogen) atoms. The van der Waals surface area contributed by atoms with Crippen molar-refractivity contribution < 1.29 is 18.1 Å². The van der Waals surface area contributed by atoms with Crippen LogP contribution in [0, 0.1) is 23.8 Å². The third-order valence-corrected chi connectivity index (χ3v) is 7.99. The van der Waals surface area contributed by atoms with Gasteiger partial charge in [0.05, 0.1) is 17.6 Å². The van der Waals surface area contributed by atoms with Crippen molar-refractivity contribution in [2.75, 3.05) is 24.7 Å². The van der Waals surface area contributed by atoms with E-state index in [-0.39, 0.29) is 12.4 Å². The van der Waals surface area contributed by atoms with Gasteiger partial charge in [0, 0.05) is 57.8 Å². The van der Waals surface area contributed by atoms with E-state index in [1.807, 2.05) is 60.8 Å². The highest BCUT2D eigenvalue weighted by Gasteiger charge is 2.08. The highest BCUT2D eigenvalue weighted by molar-refractivity contribution is 6.83. The van der Waals surface area contributed by atoms with Crippen molar-refractivity contribution in [2.24, 2.45) is 0 Å². The first-order valence-corrected chi connectivity index (χ1v) is 19.3. The van der Waals surface area contributed by atoms with Crippen LogP contribution in [0.2, 0.25) is 19.6 Å². The van der Waals surface area contributed by atoms with Gasteiger partial charge in [-0.25, -0.2) is 19.9 Å². The summed E-state index contributed by atoms with van der Waals surface area (Å²) in [6.45, 7) is 8.43. The van der Waals surface area contributed by atoms with Gasteiger partial charge in [-0.15, -0.1) is 12.0 Å². The maximum atomic E-state index is 5.41. The lowest BCUT2D eigenvalue weighted by molar-refractivity contribution is -0.386. The number of rotatable bonds is 7. The molecule has 10 heteroatoms. The molecule has 2 heterocycles. The molecule has 0 saturated heterocycles. The Labute approximate surface area is 296 Å². The van der Waals surface area contributed by atoms with Gasteiger partial charge >= 0.3 is 0 Å². The fraction of sp³-hybridized carbons (Fsp3) is 0.179. The van der Waals surface area contributed by atoms with E-state index in [4.69, 9.17) is 6.42 Å². The maximum absolute atomic E-state index is 5.41. The van der Waals surface area contributed by atoms with E-state index in [1.165, 1.54) is 11.1 Å². The molecule has 0 atom stereocenters. The zero-order valence-electron chi connectivity index (χ0n) is 28.6. The minimum atomic E-state index is -1.37. The smallest absolute Gasteiger partial charge is 0.227 e. The van der Waals surface area contributed by atoms with Crippen LogP contribution in [-0.2, 0) is 13.1 Å². The van der Waals surface area contributed by atoms with E-state index < -0.39 is 8.07 Å². The predicted octanol–water partition coefficient (Wildman–Crippen LogP) is 3.76. The third kappa shape index (κ3) is 10.9. The molecule has 8 nitrogen and oxygen atoms in total. The first kappa shape index (κ1) is 36.5. The van der Waals surface area contributed by atoms with Crippen molar-refractivity contribution in [1.29, 1.82) is 0 Å². The number of benzene rings is 4. The molecular weight excluding hydrogens is 644 g/mol. The number of fused-ring (bicyclic) bond motifs is 2. The van der Waals surface area contributed by atoms with Gasteiger partial charge in [-0.2, -0.15) is 0 Å². The number of nitrogens with one attached hydrogen (secondary N) is 2. The Morgan fingerprint density at radius 1 is 0.714 bits per heavy atom. The number of anilines is 4. The number of terminal acetylenes is 1. The minimum Gasteiger partial charge on any atom is -1.00 e. The van der Waals surface area contributed by atoms with Crippen LogP contribution in [0.5, 0.6) is 0 Å². The third-order valence-electron chi connectivity index (χ3n) is 7.12. The second kappa shape index (κ2) is 16.7. The molecule has 0 fully saturated rings. The standard InChI is InChI=1S/C20H22N4Si.C19H18N4.ClH/c1-25(2,3)11-10-15-6-9-19-17(12-15)14-22-20(24-19)23-18-7-4-16(13-21)5-8-18;1-4-14-7-10-18-16(11-14)12-20-19(22-18)21-17-8-5-15(6-9-17)13-23(2)3;/h4-9,12,14H,13,21H2,1-3H3,(H,22,23,24);1,5-12H,13H2,2-3H3,(H,20,21,22);1H. The number of nitrogens with zero attached hydrogens (tertiary/aromatic N) is 5. The second-order valence-electron chi connectivity index (χ2n) is 12.7. The molecule has 0 amide bonds. The topological polar surface area (TPSA) is 106 Å². The molecule has 6 aromatic rings. The van der Waals surface area contributed by atoms with E-state index >= 15 is 0 Å². The van der Waals surface area contributed by atoms with Crippen LogP contribution < -0.4 is 28.8 Å². The van der Waals surface area contributed by atoms with E-state index in [1.54, 1.807) is 6.20 Å². The van der Waals surface area contributed by atoms with Crippen LogP contribution in [0.3, 0.4) is 0 Å². The Morgan fingerprint density at radius 3 is 1.67 bits per heavy atom. The van der Waals surface area contributed by atoms with E-state index in [2.05, 4.69) is 123 Å². The highest BCUT2D eigenvalue weighted by Crippen LogP contribution is 2.20. The number of halogens is 1. The van der Waals surface area contributed by atoms with Crippen molar-refractivity contribution in [2.45, 2.75) is 32.7 Å². The van der Waals surface area contributed by atoms with Gasteiger partial charge in [-0.05, 0) is 80.3 Å². The van der Waals surface area contributed by atoms with Gasteiger partial charge in [-0.3, -0.25) is 0 Å². The van der Waals surface area contributed by atoms with Gasteiger partial charge in [0.2, 0.25) is 11.9 Å². The Balaban J connectivity index is 0.000000217. The zero-order valence-corrected chi connectivity index (χ0v) is 30.3. The number of hydrogen-bond acceptors (Lipinski definition) is 7. The molecule has 0 unspecified atom stereocenters. The summed E-state index contributed by atoms with van der Waals surface area (Å²) in [7, 11) is 2.74. The van der Waals surface area contributed by atoms with Crippen molar-refractivity contribution in [3.63, 3.8) is 0 Å². The monoisotopic (exact) mass is 684 g/mol. The Morgan fingerprint density at radius 2 is 1.20 bits per heavy atom. The maximum Gasteiger partial charge on any atom is 0.227 e. The summed E-state index contributed by atoms with van der Waals surface area (Å²) in [6.07, 6.45) is 9.03. The zero-order chi connectivity index (χ0) is 34.1. The number of aromatic nitrogens is 4. The Hall–Kier alpha value is -5.29. The van der Waals surface area contributed by atoms with Gasteiger partial charge in [-0.1, -0.05) is 55.7 Å². The summed E-state index contributed by atoms with van der Waals surface area (Å²) < 4.78 is 0. The molecule has 0 aliphatic heterocycles. The molecule has 4 aromatic carbocycles. The highest BCUT2D eigenvalue weighted by atomic mass is 35.5. The Kier molecular flexibility index (Phi) is 12.4. The first-order chi connectivity index (χ1) is 23.1. The van der Waals surface area contributed by atoms with Crippen LogP contribution in [0.1, 0.15) is 22.3 Å². The summed E-state index contributed by atoms with van der Waals surface area (Å²) >= 11 is 0. The lowest BCUT2D eigenvalue weighted by Crippen LogP contribution is -3.00. The van der Waals surface area contributed by atoms with Gasteiger partial charge in [0.1, 0.15) is 8.07 Å². The van der Waals surface area contributed by atoms with Crippen molar-refractivity contribution in [3.8, 4) is 23.8 Å². The normalized spacial score (nSPS) is 10.7. The summed E-state index contributed by atoms with van der Waals surface area (Å²) in [6, 6.07) is 28.2. The fourth-order valence-electron chi connectivity index (χ4n) is 4.69. The van der Waals surface area contributed by atoms with Gasteiger partial charge in [0.25, 0.3) is 0 Å². The van der Waals surface area contributed by atoms with Gasteiger partial charge < -0.3 is 33.7 Å². The summed E-state index contributed by atoms with van der Waals surface area (Å²) in [4.78, 5) is 20.0. The summed E-state index contributed by atoms with van der Waals surface area (Å²) in [5.41, 5.74) is 15.3. The van der Waals surface area contributed by atoms with Crippen LogP contribution in [-0.4, -0.2) is 47.0 Å². The first-order valence-electron chi connectivity index (χ1n) is 15.8. The molecule has 0 aliphatic carbocycles. The molecule has 2 aromatic heterocycles. The van der Waals surface area contributed by atoms with Crippen molar-refractivity contribution >= 4 is 53.2 Å². The molecule has 0 bridgehead atoms. The minimum absolute atomic E-state index is 0.